The molecule has 3 saturated carbocycles. The van der Waals surface area contributed by atoms with Crippen molar-refractivity contribution in [2.24, 2.45) is 53.3 Å². The van der Waals surface area contributed by atoms with Crippen LogP contribution in [0.5, 0.6) is 17.2 Å². The van der Waals surface area contributed by atoms with Crippen LogP contribution in [0.2, 0.25) is 15.1 Å². The number of aliphatic hydroxyl groups is 3. The summed E-state index contributed by atoms with van der Waals surface area (Å²) in [5, 5.41) is 46.1. The highest BCUT2D eigenvalue weighted by atomic mass is 35.5. The van der Waals surface area contributed by atoms with Gasteiger partial charge in [-0.05, 0) is 391 Å². The van der Waals surface area contributed by atoms with Gasteiger partial charge in [-0.25, -0.2) is 21.6 Å². The number of likely N-dealkylation sites (tertiary alicyclic amines) is 1. The maximum Gasteiger partial charge on any atom is 0.264 e. The average Bonchev–Trinajstić information content (AvgIpc) is 1.63. The lowest BCUT2D eigenvalue weighted by Crippen LogP contribution is -2.58. The van der Waals surface area contributed by atoms with Crippen molar-refractivity contribution in [3.63, 3.8) is 0 Å². The second-order valence-electron chi connectivity index (χ2n) is 48.6. The highest BCUT2D eigenvalue weighted by molar-refractivity contribution is 7.99. The first-order valence-electron chi connectivity index (χ1n) is 56.5. The monoisotopic (exact) mass is 2160 g/mol. The van der Waals surface area contributed by atoms with Gasteiger partial charge in [-0.1, -0.05) is 100.0 Å². The Hall–Kier alpha value is -6.97. The lowest BCUT2D eigenvalue weighted by atomic mass is 9.62. The van der Waals surface area contributed by atoms with Crippen molar-refractivity contribution in [3.8, 4) is 17.2 Å². The molecule has 31 heteroatoms. The Morgan fingerprint density at radius 2 is 0.725 bits per heavy atom. The summed E-state index contributed by atoms with van der Waals surface area (Å²) < 4.78 is 83.0. The molecule has 6 aliphatic carbocycles. The number of halogens is 3. The van der Waals surface area contributed by atoms with Gasteiger partial charge in [-0.2, -0.15) is 0 Å². The lowest BCUT2D eigenvalue weighted by molar-refractivity contribution is -0.109. The van der Waals surface area contributed by atoms with Crippen LogP contribution in [0.4, 0.5) is 17.1 Å². The molecule has 9 aliphatic heterocycles. The van der Waals surface area contributed by atoms with Crippen molar-refractivity contribution < 1.29 is 60.7 Å². The van der Waals surface area contributed by atoms with Gasteiger partial charge in [0.1, 0.15) is 17.2 Å². The molecule has 3 amide bonds. The number of carbonyl (C=O) groups is 3. The Labute approximate surface area is 903 Å². The topological polar surface area (TPSA) is 291 Å². The Bertz CT molecular complexity index is 5930. The smallest absolute Gasteiger partial charge is 0.264 e. The summed E-state index contributed by atoms with van der Waals surface area (Å²) in [4.78, 5) is 58.2. The van der Waals surface area contributed by atoms with E-state index in [1.807, 2.05) is 75.4 Å². The molecule has 3 saturated heterocycles. The van der Waals surface area contributed by atoms with Crippen LogP contribution in [-0.2, 0) is 64.9 Å². The summed E-state index contributed by atoms with van der Waals surface area (Å²) >= 11 is 19.4. The van der Waals surface area contributed by atoms with Crippen molar-refractivity contribution >= 4 is 111 Å². The maximum atomic E-state index is 14.0. The lowest BCUT2D eigenvalue weighted by Gasteiger charge is -2.52. The SMILES string of the molecule is C=S1(=O)NC(=O)c2ccc3c(c2)N(C[C@@H]2CC[C@H]2[C@@](O)(CN2CCC(N(C)CCC)CC2)CCC[C@H](C)[C@H]1C)C[C@@]1(CCCc2cc(Cl)ccc21)CO3.C=S1(=O)NC(=O)c2ccc3c(c2)N(C[C@@H]2CC[C@H]2[C@@](O)(CN2CCNCC2)CCC[C@H](C)[C@H]1C)C[C@@]1(CCCc2cc(Cl)ccc21)CO3.C[C@@H]1[C@@H](C)CCC[C@@](O)(CN2CCNCC2)[C@@H]2CC[C@H]2CN2C[C@@]3(CCCc4cc(Cl)ccc43)COc3ccc(cc32)C(=O)NS1(=O)=O. The van der Waals surface area contributed by atoms with E-state index in [1.54, 1.807) is 25.1 Å². The van der Waals surface area contributed by atoms with Gasteiger partial charge >= 0.3 is 0 Å². The maximum absolute atomic E-state index is 14.0. The summed E-state index contributed by atoms with van der Waals surface area (Å²) in [7, 11) is -7.54. The van der Waals surface area contributed by atoms with Crippen LogP contribution in [0.3, 0.4) is 0 Å². The first-order chi connectivity index (χ1) is 71.2. The van der Waals surface area contributed by atoms with Crippen molar-refractivity contribution in [3.05, 3.63) is 174 Å². The first-order valence-corrected chi connectivity index (χ1v) is 62.8. The fourth-order valence-corrected chi connectivity index (χ4v) is 34.0. The molecule has 0 aromatic heterocycles. The van der Waals surface area contributed by atoms with Crippen LogP contribution < -0.4 is 53.7 Å². The zero-order valence-corrected chi connectivity index (χ0v) is 94.3. The van der Waals surface area contributed by atoms with Gasteiger partial charge in [0.15, 0.2) is 0 Å². The molecule has 816 valence electrons. The largest absolute Gasteiger partial charge is 0.490 e. The predicted octanol–water partition coefficient (Wildman–Crippen LogP) is 16.7. The zero-order chi connectivity index (χ0) is 105. The molecule has 6 bridgehead atoms. The minimum absolute atomic E-state index is 0.0693. The van der Waals surface area contributed by atoms with Gasteiger partial charge in [0.25, 0.3) is 17.7 Å². The number of nitrogens with zero attached hydrogens (tertiary/aromatic N) is 7. The highest BCUT2D eigenvalue weighted by Crippen LogP contribution is 2.56. The standard InChI is InChI=1S/C43H63ClN4O4S.C38H53ClN4O4S.C37H51ClN4O5S/c1-6-21-46(4)36-17-22-47(23-18-36)28-43(50)20-7-9-30(2)31(3)53(5,51)45-41(49)33-12-16-40-39(25-33)48(26-34-11-14-38(34)43)27-42(29-52-40)19-8-10-32-24-35(44)13-15-37(32)42;1-26-6-4-15-38(45,24-42-18-16-40-17-19-42)33-11-8-30(33)22-43-23-37(14-5-7-28-20-31(39)10-12-32(28)37)25-47-35-13-9-29(21-34(35)43)36(44)41-48(3,46)27(26)2;1-25-5-3-14-37(44,23-41-17-15-39-16-18-41)32-10-7-29(32)21-42-22-36(13-4-6-27-19-30(38)9-11-31(27)36)24-47-34-12-8-28(20-33(34)42)35(43)40-48(45,46)26(25)2/h12-13,15-16,24-25,30-31,34,36,38,50H,5-11,14,17-23,26-29H2,1-4H3,(H,45,49,51);9-10,12-13,20-21,26-27,30,33,40,45H,3-8,11,14-19,22-25H2,1-2H3,(H,41,44,46);8-9,11-12,19-20,25-26,29,32,39,44H,3-7,10,13-18,21-24H2,1-2H3,(H,40,43)/t30-,31+,34-,38+,42-,43-,53?;26-,27+,30-,33+,37-,38-,48?;25-,26+,29-,32+,36-,37+/m000/s1. The predicted molar refractivity (Wildman–Crippen MR) is 604 cm³/mol. The zero-order valence-electron chi connectivity index (χ0n) is 89.6. The van der Waals surface area contributed by atoms with Gasteiger partial charge in [-0.3, -0.25) is 33.6 Å². The number of fused-ring (bicyclic) bond motifs is 12. The molecular formula is C118H167Cl3N12O13S3. The molecule has 8 N–H and O–H groups in total. The molecule has 9 heterocycles. The van der Waals surface area contributed by atoms with Gasteiger partial charge in [0, 0.05) is 176 Å². The molecule has 21 rings (SSSR count). The van der Waals surface area contributed by atoms with E-state index in [1.165, 1.54) is 39.8 Å². The minimum Gasteiger partial charge on any atom is -0.490 e. The van der Waals surface area contributed by atoms with Crippen LogP contribution in [-0.4, -0.2) is 278 Å². The van der Waals surface area contributed by atoms with E-state index in [4.69, 9.17) is 49.0 Å². The van der Waals surface area contributed by atoms with Gasteiger partial charge in [0.05, 0.1) is 78.4 Å². The molecule has 2 unspecified atom stereocenters. The third-order valence-corrected chi connectivity index (χ3v) is 45.9. The number of β-amino-alcohol motifs (C(OH)–C–C–N with tert-alkyl or cyclic N) is 3. The molecule has 3 spiro atoms. The number of anilines is 3. The molecular weight excluding hydrogens is 2000 g/mol. The number of benzene rings is 6. The number of rotatable bonds is 9. The molecule has 6 aromatic rings. The van der Waals surface area contributed by atoms with Crippen LogP contribution in [0.15, 0.2) is 109 Å². The number of piperazine rings is 2. The third-order valence-electron chi connectivity index (χ3n) is 38.9. The number of carbonyl (C=O) groups excluding carboxylic acids is 3. The van der Waals surface area contributed by atoms with Crippen LogP contribution in [0.1, 0.15) is 267 Å². The Balaban J connectivity index is 0.000000141. The van der Waals surface area contributed by atoms with E-state index in [2.05, 4.69) is 135 Å². The summed E-state index contributed by atoms with van der Waals surface area (Å²) in [6, 6.07) is 36.0. The van der Waals surface area contributed by atoms with Crippen molar-refractivity contribution in [2.45, 2.75) is 277 Å². The van der Waals surface area contributed by atoms with E-state index in [9.17, 15) is 46.5 Å². The summed E-state index contributed by atoms with van der Waals surface area (Å²) in [5.74, 6) is 10.3. The molecule has 20 atom stereocenters. The van der Waals surface area contributed by atoms with E-state index >= 15 is 0 Å². The fraction of sp³-hybridized carbons (Fsp3) is 0.653. The number of ether oxygens (including phenoxy) is 3. The summed E-state index contributed by atoms with van der Waals surface area (Å²) in [6.45, 7) is 32.7. The average molecular weight is 2160 g/mol. The first kappa shape index (κ1) is 110. The van der Waals surface area contributed by atoms with Crippen LogP contribution in [0.25, 0.3) is 0 Å². The number of hydrogen-bond acceptors (Lipinski definition) is 22. The second-order valence-corrected chi connectivity index (χ2v) is 56.7. The number of sulfonamides is 1. The molecule has 149 heavy (non-hydrogen) atoms. The number of hydrogen-bond donors (Lipinski definition) is 8. The second kappa shape index (κ2) is 45.7. The van der Waals surface area contributed by atoms with Gasteiger partial charge in [-0.15, -0.1) is 0 Å². The van der Waals surface area contributed by atoms with Crippen molar-refractivity contribution in [2.75, 3.05) is 172 Å². The number of aryl methyl sites for hydroxylation is 3. The third kappa shape index (κ3) is 23.9. The van der Waals surface area contributed by atoms with E-state index in [-0.39, 0.29) is 80.0 Å². The van der Waals surface area contributed by atoms with Gasteiger partial charge in [0.2, 0.25) is 10.0 Å². The van der Waals surface area contributed by atoms with Gasteiger partial charge < -0.3 is 64.7 Å². The van der Waals surface area contributed by atoms with Crippen molar-refractivity contribution in [1.82, 2.24) is 44.4 Å². The van der Waals surface area contributed by atoms with E-state index < -0.39 is 57.4 Å². The summed E-state index contributed by atoms with van der Waals surface area (Å²) in [6.07, 6.45) is 25.5. The number of nitrogens with one attached hydrogen (secondary N) is 5. The molecule has 0 radical (unpaired) electrons. The molecule has 6 aromatic carbocycles. The number of piperidine rings is 1. The Kier molecular flexibility index (Phi) is 33.8. The van der Waals surface area contributed by atoms with Crippen LogP contribution in [0, 0.1) is 53.3 Å². The highest BCUT2D eigenvalue weighted by Gasteiger charge is 2.55. The normalized spacial score (nSPS) is 34.9. The van der Waals surface area contributed by atoms with Crippen molar-refractivity contribution in [1.29, 1.82) is 0 Å². The molecule has 6 fully saturated rings. The van der Waals surface area contributed by atoms with E-state index in [0.29, 0.717) is 112 Å². The number of amides is 3. The Morgan fingerprint density at radius 3 is 1.05 bits per heavy atom. The quantitative estimate of drug-likeness (QED) is 0.0624. The fourth-order valence-electron chi connectivity index (χ4n) is 29.0. The molecule has 25 nitrogen and oxygen atoms in total. The minimum atomic E-state index is -3.93. The van der Waals surface area contributed by atoms with Crippen LogP contribution >= 0.6 is 34.8 Å². The summed E-state index contributed by atoms with van der Waals surface area (Å²) in [5.41, 5.74) is 8.30. The van der Waals surface area contributed by atoms with E-state index in [0.717, 1.165) is 290 Å². The molecule has 15 aliphatic rings. The Morgan fingerprint density at radius 1 is 0.403 bits per heavy atom.